The highest BCUT2D eigenvalue weighted by molar-refractivity contribution is 4.86. The smallest absolute Gasteiger partial charge is 0.106 e. The molecule has 0 aliphatic heterocycles. The minimum absolute atomic E-state index is 0.603. The van der Waals surface area contributed by atoms with E-state index in [0.717, 1.165) is 25.2 Å². The number of hydrogen-bond donors (Lipinski definition) is 2. The SMILES string of the molecule is CC(C)C(C)NCCCc1ncc[nH]1. The van der Waals surface area contributed by atoms with E-state index in [-0.39, 0.29) is 0 Å². The highest BCUT2D eigenvalue weighted by Crippen LogP contribution is 2.00. The zero-order valence-corrected chi connectivity index (χ0v) is 9.38. The fourth-order valence-corrected chi connectivity index (χ4v) is 1.26. The van der Waals surface area contributed by atoms with Crippen molar-refractivity contribution >= 4 is 0 Å². The van der Waals surface area contributed by atoms with E-state index in [2.05, 4.69) is 36.1 Å². The molecule has 0 aromatic carbocycles. The van der Waals surface area contributed by atoms with Crippen LogP contribution in [0.1, 0.15) is 33.0 Å². The number of aromatic nitrogens is 2. The monoisotopic (exact) mass is 195 g/mol. The molecule has 0 fully saturated rings. The first-order chi connectivity index (χ1) is 6.70. The van der Waals surface area contributed by atoms with E-state index >= 15 is 0 Å². The van der Waals surface area contributed by atoms with Crippen molar-refractivity contribution in [2.75, 3.05) is 6.54 Å². The van der Waals surface area contributed by atoms with Gasteiger partial charge in [0, 0.05) is 24.9 Å². The highest BCUT2D eigenvalue weighted by atomic mass is 14.9. The molecule has 3 nitrogen and oxygen atoms in total. The van der Waals surface area contributed by atoms with E-state index in [1.54, 1.807) is 6.20 Å². The zero-order valence-electron chi connectivity index (χ0n) is 9.38. The van der Waals surface area contributed by atoms with Gasteiger partial charge in [-0.25, -0.2) is 4.98 Å². The fourth-order valence-electron chi connectivity index (χ4n) is 1.26. The maximum Gasteiger partial charge on any atom is 0.106 e. The Morgan fingerprint density at radius 3 is 2.79 bits per heavy atom. The van der Waals surface area contributed by atoms with Crippen molar-refractivity contribution in [1.29, 1.82) is 0 Å². The molecule has 0 aliphatic rings. The quantitative estimate of drug-likeness (QED) is 0.681. The molecule has 0 amide bonds. The summed E-state index contributed by atoms with van der Waals surface area (Å²) < 4.78 is 0. The van der Waals surface area contributed by atoms with Gasteiger partial charge in [-0.1, -0.05) is 13.8 Å². The Kier molecular flexibility index (Phi) is 4.66. The van der Waals surface area contributed by atoms with E-state index in [9.17, 15) is 0 Å². The van der Waals surface area contributed by atoms with E-state index < -0.39 is 0 Å². The van der Waals surface area contributed by atoms with Crippen LogP contribution in [0.3, 0.4) is 0 Å². The number of nitrogens with one attached hydrogen (secondary N) is 2. The summed E-state index contributed by atoms with van der Waals surface area (Å²) in [5.41, 5.74) is 0. The molecule has 1 aromatic rings. The number of H-pyrrole nitrogens is 1. The molecule has 14 heavy (non-hydrogen) atoms. The van der Waals surface area contributed by atoms with Crippen molar-refractivity contribution in [2.24, 2.45) is 5.92 Å². The van der Waals surface area contributed by atoms with Gasteiger partial charge in [0.2, 0.25) is 0 Å². The number of aromatic amines is 1. The van der Waals surface area contributed by atoms with Crippen molar-refractivity contribution in [1.82, 2.24) is 15.3 Å². The summed E-state index contributed by atoms with van der Waals surface area (Å²) in [6, 6.07) is 0.603. The fraction of sp³-hybridized carbons (Fsp3) is 0.727. The molecule has 1 heterocycles. The molecule has 0 saturated heterocycles. The lowest BCUT2D eigenvalue weighted by Crippen LogP contribution is -2.31. The first-order valence-corrected chi connectivity index (χ1v) is 5.41. The number of imidazole rings is 1. The lowest BCUT2D eigenvalue weighted by atomic mass is 10.1. The molecule has 1 aromatic heterocycles. The molecule has 0 saturated carbocycles. The molecular formula is C11H21N3. The van der Waals surface area contributed by atoms with Gasteiger partial charge in [0.1, 0.15) is 5.82 Å². The molecule has 0 radical (unpaired) electrons. The molecule has 1 unspecified atom stereocenters. The van der Waals surface area contributed by atoms with Crippen LogP contribution in [-0.4, -0.2) is 22.6 Å². The Labute approximate surface area is 86.3 Å². The minimum atomic E-state index is 0.603. The number of nitrogens with zero attached hydrogens (tertiary/aromatic N) is 1. The highest BCUT2D eigenvalue weighted by Gasteiger charge is 2.04. The summed E-state index contributed by atoms with van der Waals surface area (Å²) in [6.45, 7) is 7.78. The first kappa shape index (κ1) is 11.2. The molecule has 3 heteroatoms. The van der Waals surface area contributed by atoms with Gasteiger partial charge >= 0.3 is 0 Å². The van der Waals surface area contributed by atoms with Gasteiger partial charge in [-0.2, -0.15) is 0 Å². The van der Waals surface area contributed by atoms with Gasteiger partial charge in [-0.3, -0.25) is 0 Å². The maximum absolute atomic E-state index is 4.18. The van der Waals surface area contributed by atoms with Gasteiger partial charge < -0.3 is 10.3 Å². The average molecular weight is 195 g/mol. The number of aryl methyl sites for hydroxylation is 1. The van der Waals surface area contributed by atoms with Gasteiger partial charge in [0.05, 0.1) is 0 Å². The predicted octanol–water partition coefficient (Wildman–Crippen LogP) is 1.98. The minimum Gasteiger partial charge on any atom is -0.349 e. The Morgan fingerprint density at radius 2 is 2.21 bits per heavy atom. The van der Waals surface area contributed by atoms with E-state index in [4.69, 9.17) is 0 Å². The Balaban J connectivity index is 2.05. The third-order valence-electron chi connectivity index (χ3n) is 2.61. The predicted molar refractivity (Wildman–Crippen MR) is 59.2 cm³/mol. The van der Waals surface area contributed by atoms with Gasteiger partial charge in [-0.15, -0.1) is 0 Å². The number of hydrogen-bond acceptors (Lipinski definition) is 2. The van der Waals surface area contributed by atoms with E-state index in [0.29, 0.717) is 12.0 Å². The lowest BCUT2D eigenvalue weighted by Gasteiger charge is -2.16. The summed E-state index contributed by atoms with van der Waals surface area (Å²) in [6.07, 6.45) is 5.86. The second-order valence-corrected chi connectivity index (χ2v) is 4.13. The van der Waals surface area contributed by atoms with Crippen molar-refractivity contribution in [3.63, 3.8) is 0 Å². The van der Waals surface area contributed by atoms with Crippen molar-refractivity contribution in [2.45, 2.75) is 39.7 Å². The molecule has 0 bridgehead atoms. The Morgan fingerprint density at radius 1 is 1.43 bits per heavy atom. The average Bonchev–Trinajstić information content (AvgIpc) is 2.64. The maximum atomic E-state index is 4.18. The van der Waals surface area contributed by atoms with Crippen molar-refractivity contribution in [3.05, 3.63) is 18.2 Å². The van der Waals surface area contributed by atoms with Crippen LogP contribution in [0, 0.1) is 5.92 Å². The van der Waals surface area contributed by atoms with Crippen LogP contribution < -0.4 is 5.32 Å². The van der Waals surface area contributed by atoms with Crippen LogP contribution in [-0.2, 0) is 6.42 Å². The first-order valence-electron chi connectivity index (χ1n) is 5.41. The topological polar surface area (TPSA) is 40.7 Å². The van der Waals surface area contributed by atoms with Crippen LogP contribution in [0.5, 0.6) is 0 Å². The van der Waals surface area contributed by atoms with Crippen LogP contribution in [0.15, 0.2) is 12.4 Å². The Hall–Kier alpha value is -0.830. The van der Waals surface area contributed by atoms with Crippen LogP contribution in [0.2, 0.25) is 0 Å². The Bertz CT molecular complexity index is 229. The van der Waals surface area contributed by atoms with Crippen LogP contribution >= 0.6 is 0 Å². The molecule has 2 N–H and O–H groups in total. The third kappa shape index (κ3) is 3.92. The third-order valence-corrected chi connectivity index (χ3v) is 2.61. The molecule has 1 atom stereocenters. The molecular weight excluding hydrogens is 174 g/mol. The molecule has 0 spiro atoms. The van der Waals surface area contributed by atoms with Crippen LogP contribution in [0.4, 0.5) is 0 Å². The second-order valence-electron chi connectivity index (χ2n) is 4.13. The molecule has 80 valence electrons. The van der Waals surface area contributed by atoms with Crippen LogP contribution in [0.25, 0.3) is 0 Å². The standard InChI is InChI=1S/C11H21N3/c1-9(2)10(3)12-6-4-5-11-13-7-8-14-11/h7-10,12H,4-6H2,1-3H3,(H,13,14). The zero-order chi connectivity index (χ0) is 10.4. The summed E-state index contributed by atoms with van der Waals surface area (Å²) in [4.78, 5) is 7.29. The van der Waals surface area contributed by atoms with Gasteiger partial charge in [-0.05, 0) is 25.8 Å². The van der Waals surface area contributed by atoms with Gasteiger partial charge in [0.25, 0.3) is 0 Å². The second kappa shape index (κ2) is 5.81. The van der Waals surface area contributed by atoms with Crippen molar-refractivity contribution in [3.8, 4) is 0 Å². The summed E-state index contributed by atoms with van der Waals surface area (Å²) in [5.74, 6) is 1.79. The lowest BCUT2D eigenvalue weighted by molar-refractivity contribution is 0.424. The summed E-state index contributed by atoms with van der Waals surface area (Å²) >= 11 is 0. The van der Waals surface area contributed by atoms with Gasteiger partial charge in [0.15, 0.2) is 0 Å². The number of rotatable bonds is 6. The molecule has 0 aliphatic carbocycles. The summed E-state index contributed by atoms with van der Waals surface area (Å²) in [7, 11) is 0. The largest absolute Gasteiger partial charge is 0.349 e. The summed E-state index contributed by atoms with van der Waals surface area (Å²) in [5, 5.41) is 3.50. The molecule has 1 rings (SSSR count). The van der Waals surface area contributed by atoms with Crippen molar-refractivity contribution < 1.29 is 0 Å². The van der Waals surface area contributed by atoms with E-state index in [1.165, 1.54) is 0 Å². The normalized spacial score (nSPS) is 13.4. The van der Waals surface area contributed by atoms with E-state index in [1.807, 2.05) is 6.20 Å².